The predicted molar refractivity (Wildman–Crippen MR) is 93.8 cm³/mol. The number of nitrogens with one attached hydrogen (secondary N) is 1. The smallest absolute Gasteiger partial charge is 0.273 e. The highest BCUT2D eigenvalue weighted by Crippen LogP contribution is 2.19. The number of likely N-dealkylation sites (tertiary alicyclic amines) is 1. The maximum absolute atomic E-state index is 12.1. The van der Waals surface area contributed by atoms with E-state index in [4.69, 9.17) is 0 Å². The zero-order valence-electron chi connectivity index (χ0n) is 14.5. The molecule has 0 radical (unpaired) electrons. The first-order valence-corrected chi connectivity index (χ1v) is 9.40. The first-order chi connectivity index (χ1) is 11.8. The fraction of sp³-hybridized carbons (Fsp3) is 0.722. The minimum atomic E-state index is -0.115. The van der Waals surface area contributed by atoms with Crippen LogP contribution in [-0.4, -0.2) is 52.0 Å². The average molecular weight is 331 g/mol. The zero-order chi connectivity index (χ0) is 16.6. The number of allylic oxidation sites excluding steroid dienone is 1. The first kappa shape index (κ1) is 17.1. The molecule has 0 bridgehead atoms. The fourth-order valence-electron chi connectivity index (χ4n) is 3.50. The maximum Gasteiger partial charge on any atom is 0.273 e. The normalized spacial score (nSPS) is 19.1. The molecule has 2 aliphatic rings. The van der Waals surface area contributed by atoms with Gasteiger partial charge in [-0.25, -0.2) is 0 Å². The van der Waals surface area contributed by atoms with Crippen molar-refractivity contribution >= 4 is 5.91 Å². The van der Waals surface area contributed by atoms with Gasteiger partial charge in [-0.15, -0.1) is 5.10 Å². The third-order valence-corrected chi connectivity index (χ3v) is 4.98. The molecule has 0 unspecified atom stereocenters. The summed E-state index contributed by atoms with van der Waals surface area (Å²) >= 11 is 0. The van der Waals surface area contributed by atoms with Crippen molar-refractivity contribution in [1.29, 1.82) is 0 Å². The second-order valence-corrected chi connectivity index (χ2v) is 6.88. The van der Waals surface area contributed by atoms with Crippen LogP contribution in [0.25, 0.3) is 0 Å². The molecule has 0 spiro atoms. The van der Waals surface area contributed by atoms with Gasteiger partial charge in [0.05, 0.1) is 12.7 Å². The standard InChI is InChI=1S/C18H29N5O/c24-18(19-10-9-16-7-3-1-4-8-16)17-15-23(21-20-17)14-13-22-11-5-2-6-12-22/h7,15H,1-6,8-14H2,(H,19,24). The Morgan fingerprint density at radius 1 is 1.12 bits per heavy atom. The summed E-state index contributed by atoms with van der Waals surface area (Å²) in [6, 6.07) is 0. The summed E-state index contributed by atoms with van der Waals surface area (Å²) in [5, 5.41) is 11.1. The van der Waals surface area contributed by atoms with E-state index >= 15 is 0 Å². The minimum absolute atomic E-state index is 0.115. The van der Waals surface area contributed by atoms with Crippen LogP contribution in [0.3, 0.4) is 0 Å². The summed E-state index contributed by atoms with van der Waals surface area (Å²) in [4.78, 5) is 14.6. The topological polar surface area (TPSA) is 63.1 Å². The lowest BCUT2D eigenvalue weighted by Crippen LogP contribution is -2.32. The van der Waals surface area contributed by atoms with E-state index in [0.717, 1.165) is 19.5 Å². The lowest BCUT2D eigenvalue weighted by atomic mass is 9.97. The van der Waals surface area contributed by atoms with E-state index in [1.807, 2.05) is 0 Å². The Balaban J connectivity index is 1.39. The minimum Gasteiger partial charge on any atom is -0.350 e. The summed E-state index contributed by atoms with van der Waals surface area (Å²) in [5.41, 5.74) is 1.90. The molecule has 1 aliphatic heterocycles. The van der Waals surface area contributed by atoms with Crippen LogP contribution in [0.5, 0.6) is 0 Å². The van der Waals surface area contributed by atoms with Crippen molar-refractivity contribution in [2.24, 2.45) is 0 Å². The molecule has 0 aromatic carbocycles. The number of amides is 1. The number of nitrogens with zero attached hydrogens (tertiary/aromatic N) is 4. The van der Waals surface area contributed by atoms with Crippen molar-refractivity contribution in [2.75, 3.05) is 26.2 Å². The molecule has 0 atom stereocenters. The number of carbonyl (C=O) groups excluding carboxylic acids is 1. The third-order valence-electron chi connectivity index (χ3n) is 4.98. The van der Waals surface area contributed by atoms with E-state index in [-0.39, 0.29) is 5.91 Å². The van der Waals surface area contributed by atoms with Gasteiger partial charge in [0.25, 0.3) is 5.91 Å². The lowest BCUT2D eigenvalue weighted by Gasteiger charge is -2.25. The van der Waals surface area contributed by atoms with E-state index in [1.165, 1.54) is 63.6 Å². The number of aromatic nitrogens is 3. The van der Waals surface area contributed by atoms with Gasteiger partial charge in [-0.1, -0.05) is 23.3 Å². The van der Waals surface area contributed by atoms with Gasteiger partial charge in [0.2, 0.25) is 0 Å². The van der Waals surface area contributed by atoms with E-state index in [1.54, 1.807) is 10.9 Å². The number of carbonyl (C=O) groups is 1. The van der Waals surface area contributed by atoms with Crippen LogP contribution < -0.4 is 5.32 Å². The summed E-state index contributed by atoms with van der Waals surface area (Å²) < 4.78 is 1.78. The Morgan fingerprint density at radius 3 is 2.79 bits per heavy atom. The summed E-state index contributed by atoms with van der Waals surface area (Å²) in [5.74, 6) is -0.115. The van der Waals surface area contributed by atoms with Gasteiger partial charge in [-0.2, -0.15) is 0 Å². The van der Waals surface area contributed by atoms with Crippen molar-refractivity contribution in [1.82, 2.24) is 25.2 Å². The largest absolute Gasteiger partial charge is 0.350 e. The van der Waals surface area contributed by atoms with Crippen molar-refractivity contribution < 1.29 is 4.79 Å². The molecule has 1 aromatic heterocycles. The molecule has 6 nitrogen and oxygen atoms in total. The number of rotatable bonds is 7. The molecule has 1 saturated heterocycles. The Morgan fingerprint density at radius 2 is 2.00 bits per heavy atom. The lowest BCUT2D eigenvalue weighted by molar-refractivity contribution is 0.0949. The molecular weight excluding hydrogens is 302 g/mol. The van der Waals surface area contributed by atoms with Crippen LogP contribution in [0.2, 0.25) is 0 Å². The summed E-state index contributed by atoms with van der Waals surface area (Å²) in [7, 11) is 0. The molecule has 0 saturated carbocycles. The maximum atomic E-state index is 12.1. The zero-order valence-corrected chi connectivity index (χ0v) is 14.5. The van der Waals surface area contributed by atoms with Crippen LogP contribution >= 0.6 is 0 Å². The Labute approximate surface area is 144 Å². The van der Waals surface area contributed by atoms with Crippen molar-refractivity contribution in [3.8, 4) is 0 Å². The quantitative estimate of drug-likeness (QED) is 0.779. The third kappa shape index (κ3) is 5.16. The van der Waals surface area contributed by atoms with E-state index in [2.05, 4.69) is 26.6 Å². The van der Waals surface area contributed by atoms with Crippen LogP contribution in [-0.2, 0) is 6.54 Å². The van der Waals surface area contributed by atoms with Crippen LogP contribution in [0.4, 0.5) is 0 Å². The van der Waals surface area contributed by atoms with Gasteiger partial charge >= 0.3 is 0 Å². The van der Waals surface area contributed by atoms with Gasteiger partial charge in [0.1, 0.15) is 0 Å². The molecule has 3 rings (SSSR count). The molecule has 1 amide bonds. The molecular formula is C18H29N5O. The van der Waals surface area contributed by atoms with E-state index < -0.39 is 0 Å². The van der Waals surface area contributed by atoms with Crippen LogP contribution in [0.1, 0.15) is 61.9 Å². The monoisotopic (exact) mass is 331 g/mol. The van der Waals surface area contributed by atoms with Gasteiger partial charge in [-0.3, -0.25) is 9.48 Å². The van der Waals surface area contributed by atoms with Crippen molar-refractivity contribution in [2.45, 2.75) is 57.9 Å². The van der Waals surface area contributed by atoms with Crippen molar-refractivity contribution in [3.63, 3.8) is 0 Å². The van der Waals surface area contributed by atoms with Crippen molar-refractivity contribution in [3.05, 3.63) is 23.5 Å². The van der Waals surface area contributed by atoms with Gasteiger partial charge in [0.15, 0.2) is 5.69 Å². The second-order valence-electron chi connectivity index (χ2n) is 6.88. The summed E-state index contributed by atoms with van der Waals surface area (Å²) in [6.07, 6.45) is 13.9. The SMILES string of the molecule is O=C(NCCC1=CCCCC1)c1cn(CCN2CCCCC2)nn1. The molecule has 1 fully saturated rings. The van der Waals surface area contributed by atoms with E-state index in [9.17, 15) is 4.79 Å². The van der Waals surface area contributed by atoms with E-state index in [0.29, 0.717) is 12.2 Å². The first-order valence-electron chi connectivity index (χ1n) is 9.40. The number of hydrogen-bond donors (Lipinski definition) is 1. The predicted octanol–water partition coefficient (Wildman–Crippen LogP) is 2.38. The molecule has 24 heavy (non-hydrogen) atoms. The molecule has 6 heteroatoms. The van der Waals surface area contributed by atoms with Crippen LogP contribution in [0, 0.1) is 0 Å². The second kappa shape index (κ2) is 8.97. The molecule has 132 valence electrons. The number of hydrogen-bond acceptors (Lipinski definition) is 4. The summed E-state index contributed by atoms with van der Waals surface area (Å²) in [6.45, 7) is 4.83. The average Bonchev–Trinajstić information content (AvgIpc) is 3.11. The van der Waals surface area contributed by atoms with Gasteiger partial charge in [0, 0.05) is 13.1 Å². The van der Waals surface area contributed by atoms with Gasteiger partial charge in [-0.05, 0) is 58.0 Å². The van der Waals surface area contributed by atoms with Gasteiger partial charge < -0.3 is 10.2 Å². The molecule has 2 heterocycles. The Bertz CT molecular complexity index is 560. The Hall–Kier alpha value is -1.69. The molecule has 1 aromatic rings. The highest BCUT2D eigenvalue weighted by molar-refractivity contribution is 5.91. The molecule has 1 aliphatic carbocycles. The number of piperidine rings is 1. The fourth-order valence-corrected chi connectivity index (χ4v) is 3.50. The Kier molecular flexibility index (Phi) is 6.41. The molecule has 1 N–H and O–H groups in total. The van der Waals surface area contributed by atoms with Crippen LogP contribution in [0.15, 0.2) is 17.8 Å². The highest BCUT2D eigenvalue weighted by Gasteiger charge is 2.13. The highest BCUT2D eigenvalue weighted by atomic mass is 16.2.